The molecule has 4 rings (SSSR count). The smallest absolute Gasteiger partial charge is 0.231 e. The van der Waals surface area contributed by atoms with Gasteiger partial charge in [-0.3, -0.25) is 0 Å². The minimum absolute atomic E-state index is 0.118. The fourth-order valence-corrected chi connectivity index (χ4v) is 5.20. The summed E-state index contributed by atoms with van der Waals surface area (Å²) >= 11 is 0. The van der Waals surface area contributed by atoms with Crippen molar-refractivity contribution in [3.8, 4) is 5.75 Å². The van der Waals surface area contributed by atoms with Gasteiger partial charge >= 0.3 is 0 Å². The molecule has 36 heavy (non-hydrogen) atoms. The number of hydrogen-bond acceptors (Lipinski definition) is 6. The molecule has 1 aliphatic rings. The van der Waals surface area contributed by atoms with E-state index >= 15 is 0 Å². The van der Waals surface area contributed by atoms with Gasteiger partial charge in [0.2, 0.25) is 5.89 Å². The van der Waals surface area contributed by atoms with Crippen LogP contribution in [0.5, 0.6) is 5.75 Å². The van der Waals surface area contributed by atoms with Crippen molar-refractivity contribution in [2.75, 3.05) is 33.4 Å². The molecule has 3 aromatic rings. The molecule has 1 atom stereocenters. The summed E-state index contributed by atoms with van der Waals surface area (Å²) in [6.45, 7) is 2.54. The molecule has 2 N–H and O–H groups in total. The first-order chi connectivity index (χ1) is 17.6. The molecule has 1 aliphatic carbocycles. The number of likely N-dealkylation sites (N-methyl/N-ethyl adjacent to an activating group) is 1. The van der Waals surface area contributed by atoms with Crippen molar-refractivity contribution in [2.45, 2.75) is 57.0 Å². The first-order valence-corrected chi connectivity index (χ1v) is 13.3. The van der Waals surface area contributed by atoms with Crippen LogP contribution in [0.15, 0.2) is 65.2 Å². The fraction of sp³-hybridized carbons (Fsp3) is 0.500. The van der Waals surface area contributed by atoms with E-state index in [0.717, 1.165) is 74.3 Å². The third-order valence-electron chi connectivity index (χ3n) is 7.28. The molecular formula is C30H40N2O4. The van der Waals surface area contributed by atoms with Gasteiger partial charge < -0.3 is 24.3 Å². The largest absolute Gasteiger partial charge is 0.494 e. The van der Waals surface area contributed by atoms with Crippen LogP contribution >= 0.6 is 0 Å². The molecule has 2 aromatic carbocycles. The molecule has 0 spiro atoms. The average molecular weight is 493 g/mol. The van der Waals surface area contributed by atoms with Crippen LogP contribution < -0.4 is 4.74 Å². The lowest BCUT2D eigenvalue weighted by Gasteiger charge is -2.36. The number of oxazole rings is 1. The van der Waals surface area contributed by atoms with Crippen LogP contribution in [0.2, 0.25) is 0 Å². The van der Waals surface area contributed by atoms with Crippen molar-refractivity contribution in [1.82, 2.24) is 9.88 Å². The number of rotatable bonds is 13. The second-order valence-electron chi connectivity index (χ2n) is 9.98. The quantitative estimate of drug-likeness (QED) is 0.328. The Kier molecular flexibility index (Phi) is 9.56. The van der Waals surface area contributed by atoms with Crippen molar-refractivity contribution < 1.29 is 19.4 Å². The lowest BCUT2D eigenvalue weighted by molar-refractivity contribution is -0.0239. The number of benzene rings is 2. The highest BCUT2D eigenvalue weighted by Gasteiger charge is 2.44. The summed E-state index contributed by atoms with van der Waals surface area (Å²) in [7, 11) is 2.10. The van der Waals surface area contributed by atoms with Crippen LogP contribution in [0.4, 0.5) is 0 Å². The summed E-state index contributed by atoms with van der Waals surface area (Å²) in [5.74, 6) is 2.20. The molecule has 0 saturated heterocycles. The molecular weight excluding hydrogens is 452 g/mol. The summed E-state index contributed by atoms with van der Waals surface area (Å²) in [5.41, 5.74) is 0.767. The summed E-state index contributed by atoms with van der Waals surface area (Å²) in [5, 5.41) is 21.1. The third-order valence-corrected chi connectivity index (χ3v) is 7.28. The number of nitrogens with zero attached hydrogens (tertiary/aromatic N) is 2. The highest BCUT2D eigenvalue weighted by Crippen LogP contribution is 2.43. The fourth-order valence-electron chi connectivity index (χ4n) is 5.20. The highest BCUT2D eigenvalue weighted by molar-refractivity contribution is 5.30. The Hall–Kier alpha value is -2.67. The molecule has 1 saturated carbocycles. The number of ether oxygens (including phenoxy) is 1. The van der Waals surface area contributed by atoms with E-state index in [1.807, 2.05) is 54.6 Å². The Balaban J connectivity index is 1.28. The van der Waals surface area contributed by atoms with E-state index in [1.165, 1.54) is 6.42 Å². The van der Waals surface area contributed by atoms with Crippen molar-refractivity contribution in [1.29, 1.82) is 0 Å². The Morgan fingerprint density at radius 3 is 2.61 bits per heavy atom. The lowest BCUT2D eigenvalue weighted by atomic mass is 9.73. The van der Waals surface area contributed by atoms with Crippen LogP contribution in [0.25, 0.3) is 0 Å². The Morgan fingerprint density at radius 1 is 1.03 bits per heavy atom. The SMILES string of the molecule is CN(CCCOc1cccc(CCO)c1)CCc1cnc([C@](O)(c2ccccc2)C2CCCCC2)o1. The summed E-state index contributed by atoms with van der Waals surface area (Å²) in [4.78, 5) is 6.84. The van der Waals surface area contributed by atoms with Crippen molar-refractivity contribution in [3.63, 3.8) is 0 Å². The lowest BCUT2D eigenvalue weighted by Crippen LogP contribution is -2.38. The van der Waals surface area contributed by atoms with E-state index in [1.54, 1.807) is 6.20 Å². The van der Waals surface area contributed by atoms with E-state index in [-0.39, 0.29) is 12.5 Å². The zero-order valence-electron chi connectivity index (χ0n) is 21.4. The first kappa shape index (κ1) is 26.4. The Bertz CT molecular complexity index is 1050. The number of aromatic nitrogens is 1. The zero-order chi connectivity index (χ0) is 25.2. The molecule has 6 heteroatoms. The maximum Gasteiger partial charge on any atom is 0.231 e. The van der Waals surface area contributed by atoms with Crippen LogP contribution in [-0.4, -0.2) is 53.4 Å². The minimum Gasteiger partial charge on any atom is -0.494 e. The molecule has 1 fully saturated rings. The maximum atomic E-state index is 12.0. The van der Waals surface area contributed by atoms with Gasteiger partial charge in [0.15, 0.2) is 5.60 Å². The second kappa shape index (κ2) is 13.0. The molecule has 194 valence electrons. The van der Waals surface area contributed by atoms with Gasteiger partial charge in [-0.05, 0) is 56.0 Å². The highest BCUT2D eigenvalue weighted by atomic mass is 16.5. The van der Waals surface area contributed by atoms with Gasteiger partial charge in [-0.25, -0.2) is 4.98 Å². The monoisotopic (exact) mass is 492 g/mol. The van der Waals surface area contributed by atoms with Crippen molar-refractivity contribution >= 4 is 0 Å². The van der Waals surface area contributed by atoms with Gasteiger partial charge in [0, 0.05) is 32.0 Å². The Labute approximate surface area is 214 Å². The normalized spacial score (nSPS) is 16.2. The van der Waals surface area contributed by atoms with E-state index in [9.17, 15) is 5.11 Å². The summed E-state index contributed by atoms with van der Waals surface area (Å²) in [6, 6.07) is 17.8. The van der Waals surface area contributed by atoms with Gasteiger partial charge in [-0.2, -0.15) is 0 Å². The minimum atomic E-state index is -1.18. The van der Waals surface area contributed by atoms with Crippen LogP contribution in [-0.2, 0) is 18.4 Å². The van der Waals surface area contributed by atoms with E-state index < -0.39 is 5.60 Å². The van der Waals surface area contributed by atoms with Crippen LogP contribution in [0.3, 0.4) is 0 Å². The van der Waals surface area contributed by atoms with Gasteiger partial charge in [-0.15, -0.1) is 0 Å². The standard InChI is InChI=1S/C30H40N2O4/c1-32(18-9-21-35-27-15-8-10-24(22-27)17-20-33)19-16-28-23-31-29(36-28)30(34,25-11-4-2-5-12-25)26-13-6-3-7-14-26/h2,4-5,8,10-12,15,22-23,26,33-34H,3,6-7,9,13-14,16-21H2,1H3/t30-/m0/s1. The van der Waals surface area contributed by atoms with Crippen LogP contribution in [0, 0.1) is 5.92 Å². The Morgan fingerprint density at radius 2 is 1.83 bits per heavy atom. The van der Waals surface area contributed by atoms with Gasteiger partial charge in [-0.1, -0.05) is 61.7 Å². The molecule has 6 nitrogen and oxygen atoms in total. The molecule has 0 unspecified atom stereocenters. The molecule has 0 amide bonds. The van der Waals surface area contributed by atoms with Gasteiger partial charge in [0.25, 0.3) is 0 Å². The maximum absolute atomic E-state index is 12.0. The van der Waals surface area contributed by atoms with Crippen molar-refractivity contribution in [3.05, 3.63) is 83.6 Å². The molecule has 0 aliphatic heterocycles. The predicted octanol–water partition coefficient (Wildman–Crippen LogP) is 4.97. The first-order valence-electron chi connectivity index (χ1n) is 13.3. The van der Waals surface area contributed by atoms with E-state index in [2.05, 4.69) is 16.9 Å². The molecule has 1 aromatic heterocycles. The summed E-state index contributed by atoms with van der Waals surface area (Å²) < 4.78 is 12.1. The average Bonchev–Trinajstić information content (AvgIpc) is 3.41. The predicted molar refractivity (Wildman–Crippen MR) is 141 cm³/mol. The molecule has 1 heterocycles. The van der Waals surface area contributed by atoms with E-state index in [0.29, 0.717) is 18.9 Å². The second-order valence-corrected chi connectivity index (χ2v) is 9.98. The topological polar surface area (TPSA) is 79.0 Å². The van der Waals surface area contributed by atoms with Gasteiger partial charge in [0.1, 0.15) is 11.5 Å². The molecule has 0 bridgehead atoms. The number of hydrogen-bond donors (Lipinski definition) is 2. The van der Waals surface area contributed by atoms with Crippen molar-refractivity contribution in [2.24, 2.45) is 5.92 Å². The van der Waals surface area contributed by atoms with E-state index in [4.69, 9.17) is 14.3 Å². The summed E-state index contributed by atoms with van der Waals surface area (Å²) in [6.07, 6.45) is 9.55. The molecule has 0 radical (unpaired) electrons. The third kappa shape index (κ3) is 6.75. The number of aliphatic hydroxyl groups excluding tert-OH is 1. The zero-order valence-corrected chi connectivity index (χ0v) is 21.4. The number of aliphatic hydroxyl groups is 2. The van der Waals surface area contributed by atoms with Crippen LogP contribution in [0.1, 0.15) is 61.3 Å². The van der Waals surface area contributed by atoms with Gasteiger partial charge in [0.05, 0.1) is 12.8 Å².